The number of rotatable bonds is 1. The Balaban J connectivity index is 0.00000109. The number of Topliss-reactive ketones (excluding diaryl/α,β-unsaturated/α-hetero) is 1. The molecule has 2 saturated carbocycles. The molecule has 3 aliphatic carbocycles. The van der Waals surface area contributed by atoms with Crippen molar-refractivity contribution in [2.75, 3.05) is 20.6 Å². The van der Waals surface area contributed by atoms with Crippen LogP contribution in [-0.2, 0) is 4.79 Å². The third-order valence-corrected chi connectivity index (χ3v) is 6.29. The number of carbonyl (C=O) groups excluding carboxylic acids is 1. The number of hydrogen-bond acceptors (Lipinski definition) is 2. The molecule has 140 valence electrons. The quantitative estimate of drug-likeness (QED) is 0.368. The van der Waals surface area contributed by atoms with Crippen LogP contribution >= 0.6 is 0 Å². The van der Waals surface area contributed by atoms with E-state index in [0.717, 1.165) is 37.8 Å². The Morgan fingerprint density at radius 2 is 2.04 bits per heavy atom. The Hall–Kier alpha value is -1.33. The summed E-state index contributed by atoms with van der Waals surface area (Å²) in [6, 6.07) is 0. The van der Waals surface area contributed by atoms with Crippen LogP contribution in [0.1, 0.15) is 67.1 Å². The zero-order valence-electron chi connectivity index (χ0n) is 16.9. The highest BCUT2D eigenvalue weighted by atomic mass is 16.1. The largest absolute Gasteiger partial charge is 0.299 e. The van der Waals surface area contributed by atoms with E-state index in [0.29, 0.717) is 12.3 Å². The maximum atomic E-state index is 12.1. The molecule has 0 saturated heterocycles. The first-order chi connectivity index (χ1) is 11.9. The number of fused-ring (bicyclic) bond motifs is 3. The highest BCUT2D eigenvalue weighted by molar-refractivity contribution is 5.96. The third-order valence-electron chi connectivity index (χ3n) is 6.29. The second-order valence-electron chi connectivity index (χ2n) is 8.09. The molecule has 0 aromatic carbocycles. The Kier molecular flexibility index (Phi) is 6.33. The number of allylic oxidation sites excluding steroid dienone is 3. The molecule has 0 aromatic heterocycles. The fraction of sp³-hybridized carbons (Fsp3) is 0.696. The molecule has 25 heavy (non-hydrogen) atoms. The van der Waals surface area contributed by atoms with Crippen molar-refractivity contribution in [3.63, 3.8) is 0 Å². The minimum atomic E-state index is 0. The second kappa shape index (κ2) is 7.92. The summed E-state index contributed by atoms with van der Waals surface area (Å²) in [5.41, 5.74) is 2.56. The molecule has 2 fully saturated rings. The van der Waals surface area contributed by atoms with Gasteiger partial charge in [0.25, 0.3) is 0 Å². The summed E-state index contributed by atoms with van der Waals surface area (Å²) in [6.45, 7) is 11.3. The summed E-state index contributed by atoms with van der Waals surface area (Å²) in [4.78, 5) is 14.3. The molecule has 2 heteroatoms. The summed E-state index contributed by atoms with van der Waals surface area (Å²) in [5.74, 6) is 7.72. The van der Waals surface area contributed by atoms with Crippen molar-refractivity contribution in [3.05, 3.63) is 23.8 Å². The molecule has 0 radical (unpaired) electrons. The van der Waals surface area contributed by atoms with Gasteiger partial charge in [0.1, 0.15) is 0 Å². The summed E-state index contributed by atoms with van der Waals surface area (Å²) in [5, 5.41) is 0. The molecule has 3 atom stereocenters. The van der Waals surface area contributed by atoms with Gasteiger partial charge in [-0.3, -0.25) is 9.69 Å². The van der Waals surface area contributed by atoms with Crippen molar-refractivity contribution in [3.8, 4) is 11.8 Å². The van der Waals surface area contributed by atoms with E-state index in [4.69, 9.17) is 0 Å². The molecule has 0 aliphatic heterocycles. The standard InChI is InChI=1S/C21H29NO.C2H6.H2/c1-16-17-9-14-21(12-7-15-22(3)4)11-6-5-8-19(21)20(17,2)13-10-18(16)23;1-2;/h8,17H,1,5-6,9-11,13-15H2,2-4H3;1-2H3;1H/t17?,20-,21?;;/m0../s1. The van der Waals surface area contributed by atoms with Gasteiger partial charge < -0.3 is 0 Å². The second-order valence-corrected chi connectivity index (χ2v) is 8.09. The van der Waals surface area contributed by atoms with Crippen molar-refractivity contribution in [1.82, 2.24) is 4.90 Å². The summed E-state index contributed by atoms with van der Waals surface area (Å²) in [7, 11) is 4.14. The van der Waals surface area contributed by atoms with Gasteiger partial charge in [-0.1, -0.05) is 45.3 Å². The topological polar surface area (TPSA) is 20.3 Å². The lowest BCUT2D eigenvalue weighted by Gasteiger charge is -2.55. The van der Waals surface area contributed by atoms with E-state index in [2.05, 4.69) is 50.4 Å². The zero-order valence-corrected chi connectivity index (χ0v) is 16.9. The molecule has 0 amide bonds. The Bertz CT molecular complexity index is 624. The van der Waals surface area contributed by atoms with E-state index in [-0.39, 0.29) is 18.0 Å². The third kappa shape index (κ3) is 3.63. The molecule has 3 aliphatic rings. The first-order valence-corrected chi connectivity index (χ1v) is 9.97. The highest BCUT2D eigenvalue weighted by Crippen LogP contribution is 2.62. The van der Waals surface area contributed by atoms with Crippen molar-refractivity contribution in [1.29, 1.82) is 0 Å². The molecule has 0 spiro atoms. The van der Waals surface area contributed by atoms with E-state index in [9.17, 15) is 4.79 Å². The number of ketones is 1. The Morgan fingerprint density at radius 1 is 1.32 bits per heavy atom. The van der Waals surface area contributed by atoms with Crippen LogP contribution in [0.25, 0.3) is 0 Å². The summed E-state index contributed by atoms with van der Waals surface area (Å²) < 4.78 is 0. The molecule has 2 unspecified atom stereocenters. The summed E-state index contributed by atoms with van der Waals surface area (Å²) in [6.07, 6.45) is 9.82. The summed E-state index contributed by atoms with van der Waals surface area (Å²) >= 11 is 0. The molecule has 2 nitrogen and oxygen atoms in total. The fourth-order valence-corrected chi connectivity index (χ4v) is 5.07. The predicted molar refractivity (Wildman–Crippen MR) is 108 cm³/mol. The van der Waals surface area contributed by atoms with Crippen LogP contribution in [0.4, 0.5) is 0 Å². The van der Waals surface area contributed by atoms with Gasteiger partial charge in [-0.15, -0.1) is 0 Å². The van der Waals surface area contributed by atoms with Crippen LogP contribution in [0, 0.1) is 28.6 Å². The van der Waals surface area contributed by atoms with Gasteiger partial charge in [0.05, 0.1) is 12.0 Å². The molecular weight excluding hydrogens is 306 g/mol. The van der Waals surface area contributed by atoms with Crippen LogP contribution in [0.15, 0.2) is 23.8 Å². The van der Waals surface area contributed by atoms with Gasteiger partial charge in [-0.2, -0.15) is 0 Å². The van der Waals surface area contributed by atoms with Crippen LogP contribution in [0.5, 0.6) is 0 Å². The van der Waals surface area contributed by atoms with E-state index in [1.54, 1.807) is 0 Å². The van der Waals surface area contributed by atoms with Crippen molar-refractivity contribution >= 4 is 5.78 Å². The van der Waals surface area contributed by atoms with Crippen molar-refractivity contribution < 1.29 is 6.22 Å². The van der Waals surface area contributed by atoms with E-state index in [1.165, 1.54) is 18.4 Å². The van der Waals surface area contributed by atoms with Crippen molar-refractivity contribution in [2.24, 2.45) is 16.7 Å². The number of nitrogens with zero attached hydrogens (tertiary/aromatic N) is 1. The van der Waals surface area contributed by atoms with E-state index >= 15 is 0 Å². The van der Waals surface area contributed by atoms with Crippen LogP contribution in [0.3, 0.4) is 0 Å². The van der Waals surface area contributed by atoms with Crippen molar-refractivity contribution in [2.45, 2.75) is 65.7 Å². The van der Waals surface area contributed by atoms with Gasteiger partial charge >= 0.3 is 0 Å². The smallest absolute Gasteiger partial charge is 0.158 e. The lowest BCUT2D eigenvalue weighted by Crippen LogP contribution is -2.48. The van der Waals surface area contributed by atoms with Gasteiger partial charge in [-0.05, 0) is 75.1 Å². The maximum absolute atomic E-state index is 12.1. The molecule has 3 rings (SSSR count). The predicted octanol–water partition coefficient (Wildman–Crippen LogP) is 5.26. The lowest BCUT2D eigenvalue weighted by molar-refractivity contribution is -0.119. The Labute approximate surface area is 156 Å². The molecule has 0 bridgehead atoms. The number of hydrogen-bond donors (Lipinski definition) is 0. The maximum Gasteiger partial charge on any atom is 0.158 e. The first kappa shape index (κ1) is 20.0. The molecule has 0 aromatic rings. The fourth-order valence-electron chi connectivity index (χ4n) is 5.07. The zero-order chi connectivity index (χ0) is 18.7. The van der Waals surface area contributed by atoms with E-state index < -0.39 is 0 Å². The lowest BCUT2D eigenvalue weighted by atomic mass is 9.48. The minimum absolute atomic E-state index is 0. The van der Waals surface area contributed by atoms with E-state index in [1.807, 2.05) is 13.8 Å². The SMILES string of the molecule is C=C1C(=O)CC[C@]2(C)C3=CCCCC3(C#CCN(C)C)CCC12.CC.[HH]. The first-order valence-electron chi connectivity index (χ1n) is 9.97. The molecular formula is C23H37NO. The van der Waals surface area contributed by atoms with Gasteiger partial charge in [0.15, 0.2) is 5.78 Å². The van der Waals surface area contributed by atoms with Gasteiger partial charge in [0.2, 0.25) is 0 Å². The average molecular weight is 344 g/mol. The highest BCUT2D eigenvalue weighted by Gasteiger charge is 2.54. The number of carbonyl (C=O) groups is 1. The molecule has 0 N–H and O–H groups in total. The molecule has 0 heterocycles. The van der Waals surface area contributed by atoms with Crippen LogP contribution in [0.2, 0.25) is 0 Å². The van der Waals surface area contributed by atoms with Crippen LogP contribution < -0.4 is 0 Å². The average Bonchev–Trinajstić information content (AvgIpc) is 2.60. The van der Waals surface area contributed by atoms with Gasteiger partial charge in [-0.25, -0.2) is 0 Å². The Morgan fingerprint density at radius 3 is 2.72 bits per heavy atom. The monoisotopic (exact) mass is 343 g/mol. The normalized spacial score (nSPS) is 34.0. The van der Waals surface area contributed by atoms with Crippen LogP contribution in [-0.4, -0.2) is 31.3 Å². The minimum Gasteiger partial charge on any atom is -0.299 e. The van der Waals surface area contributed by atoms with Gasteiger partial charge in [0, 0.05) is 7.85 Å².